The second kappa shape index (κ2) is 3.57. The second-order valence-electron chi connectivity index (χ2n) is 1.98. The Morgan fingerprint density at radius 1 is 1.36 bits per heavy atom. The molecule has 1 radical (unpaired) electrons. The Labute approximate surface area is 64.3 Å². The Kier molecular flexibility index (Phi) is 2.45. The molecule has 0 saturated heterocycles. The molecule has 0 spiro atoms. The lowest BCUT2D eigenvalue weighted by Gasteiger charge is -2.00. The van der Waals surface area contributed by atoms with E-state index in [2.05, 4.69) is 5.32 Å². The van der Waals surface area contributed by atoms with Crippen LogP contribution in [0, 0.1) is 11.5 Å². The van der Waals surface area contributed by atoms with Crippen LogP contribution < -0.4 is 5.32 Å². The Hall–Kier alpha value is -1.56. The van der Waals surface area contributed by atoms with Crippen molar-refractivity contribution in [2.45, 2.75) is 6.30 Å². The zero-order valence-electron chi connectivity index (χ0n) is 5.74. The first-order valence-electron chi connectivity index (χ1n) is 3.12. The predicted molar refractivity (Wildman–Crippen MR) is 38.0 cm³/mol. The van der Waals surface area contributed by atoms with Crippen LogP contribution in [0.15, 0.2) is 30.3 Å². The van der Waals surface area contributed by atoms with Gasteiger partial charge in [-0.25, -0.2) is 4.39 Å². The molecule has 0 N–H and O–H groups in total. The van der Waals surface area contributed by atoms with Gasteiger partial charge in [0.15, 0.2) is 0 Å². The first kappa shape index (κ1) is 7.55. The van der Waals surface area contributed by atoms with Gasteiger partial charge in [-0.15, -0.1) is 0 Å². The topological polar surface area (TPSA) is 37.9 Å². The lowest BCUT2D eigenvalue weighted by atomic mass is 10.2. The van der Waals surface area contributed by atoms with Crippen molar-refractivity contribution in [3.8, 4) is 6.19 Å². The Balaban J connectivity index is 2.70. The summed E-state index contributed by atoms with van der Waals surface area (Å²) < 4.78 is 12.7. The van der Waals surface area contributed by atoms with E-state index >= 15 is 0 Å². The smallest absolute Gasteiger partial charge is 0.215 e. The Bertz CT molecular complexity index is 253. The summed E-state index contributed by atoms with van der Waals surface area (Å²) in [5.41, 5.74) is 0.411. The maximum Gasteiger partial charge on any atom is 0.226 e. The third kappa shape index (κ3) is 1.94. The van der Waals surface area contributed by atoms with Gasteiger partial charge in [0.05, 0.1) is 0 Å². The molecule has 1 rings (SSSR count). The fourth-order valence-electron chi connectivity index (χ4n) is 0.737. The molecule has 0 heterocycles. The van der Waals surface area contributed by atoms with E-state index in [1.165, 1.54) is 6.19 Å². The summed E-state index contributed by atoms with van der Waals surface area (Å²) >= 11 is 0. The normalized spacial score (nSPS) is 11.6. The van der Waals surface area contributed by atoms with Crippen molar-refractivity contribution in [3.63, 3.8) is 0 Å². The lowest BCUT2D eigenvalue weighted by Crippen LogP contribution is -2.01. The van der Waals surface area contributed by atoms with E-state index < -0.39 is 6.30 Å². The minimum Gasteiger partial charge on any atom is -0.215 e. The summed E-state index contributed by atoms with van der Waals surface area (Å²) in [6, 6.07) is 8.36. The van der Waals surface area contributed by atoms with Gasteiger partial charge in [-0.2, -0.15) is 10.6 Å². The molecule has 1 atom stereocenters. The minimum atomic E-state index is -1.51. The predicted octanol–water partition coefficient (Wildman–Crippen LogP) is 1.74. The first-order chi connectivity index (χ1) is 5.34. The minimum absolute atomic E-state index is 0.411. The number of nitriles is 1. The van der Waals surface area contributed by atoms with Crippen LogP contribution in [0.5, 0.6) is 0 Å². The van der Waals surface area contributed by atoms with Crippen LogP contribution >= 0.6 is 0 Å². The van der Waals surface area contributed by atoms with Crippen LogP contribution in [0.1, 0.15) is 11.9 Å². The summed E-state index contributed by atoms with van der Waals surface area (Å²) in [6.45, 7) is 0. The second-order valence-corrected chi connectivity index (χ2v) is 1.98. The van der Waals surface area contributed by atoms with Gasteiger partial charge in [-0.1, -0.05) is 30.3 Å². The summed E-state index contributed by atoms with van der Waals surface area (Å²) in [7, 11) is 0. The highest BCUT2D eigenvalue weighted by Crippen LogP contribution is 2.13. The van der Waals surface area contributed by atoms with E-state index in [0.717, 1.165) is 0 Å². The fraction of sp³-hybridized carbons (Fsp3) is 0.125. The van der Waals surface area contributed by atoms with Gasteiger partial charge in [0.2, 0.25) is 12.5 Å². The third-order valence-corrected chi connectivity index (χ3v) is 1.25. The highest BCUT2D eigenvalue weighted by atomic mass is 19.1. The van der Waals surface area contributed by atoms with E-state index in [-0.39, 0.29) is 0 Å². The molecule has 55 valence electrons. The monoisotopic (exact) mass is 149 g/mol. The van der Waals surface area contributed by atoms with Crippen molar-refractivity contribution in [2.75, 3.05) is 0 Å². The third-order valence-electron chi connectivity index (χ3n) is 1.25. The molecule has 1 unspecified atom stereocenters. The molecule has 0 aliphatic rings. The number of rotatable bonds is 2. The molecule has 0 saturated carbocycles. The number of nitrogens with zero attached hydrogens (tertiary/aromatic N) is 2. The fourth-order valence-corrected chi connectivity index (χ4v) is 0.737. The zero-order valence-corrected chi connectivity index (χ0v) is 5.74. The quantitative estimate of drug-likeness (QED) is 0.466. The largest absolute Gasteiger partial charge is 0.226 e. The average Bonchev–Trinajstić information content (AvgIpc) is 2.07. The summed E-state index contributed by atoms with van der Waals surface area (Å²) in [6.07, 6.45) is -0.0968. The lowest BCUT2D eigenvalue weighted by molar-refractivity contribution is 0.309. The van der Waals surface area contributed by atoms with Gasteiger partial charge >= 0.3 is 0 Å². The summed E-state index contributed by atoms with van der Waals surface area (Å²) in [4.78, 5) is 0. The molecule has 0 bridgehead atoms. The van der Waals surface area contributed by atoms with Crippen LogP contribution in [0.2, 0.25) is 0 Å². The average molecular weight is 149 g/mol. The van der Waals surface area contributed by atoms with E-state index in [1.807, 2.05) is 0 Å². The van der Waals surface area contributed by atoms with Gasteiger partial charge in [0, 0.05) is 5.56 Å². The van der Waals surface area contributed by atoms with E-state index in [4.69, 9.17) is 5.26 Å². The SMILES string of the molecule is N#C[N]C(F)c1ccccc1. The van der Waals surface area contributed by atoms with E-state index in [1.54, 1.807) is 30.3 Å². The number of halogens is 1. The first-order valence-corrected chi connectivity index (χ1v) is 3.12. The van der Waals surface area contributed by atoms with Gasteiger partial charge in [-0.05, 0) is 0 Å². The molecule has 0 fully saturated rings. The molecule has 0 aliphatic heterocycles. The van der Waals surface area contributed by atoms with Crippen LogP contribution in [0.4, 0.5) is 4.39 Å². The van der Waals surface area contributed by atoms with Crippen LogP contribution in [-0.4, -0.2) is 0 Å². The van der Waals surface area contributed by atoms with Crippen molar-refractivity contribution in [2.24, 2.45) is 0 Å². The summed E-state index contributed by atoms with van der Waals surface area (Å²) in [5.74, 6) is 0. The molecule has 0 amide bonds. The van der Waals surface area contributed by atoms with Gasteiger partial charge in [0.1, 0.15) is 0 Å². The molecule has 1 aromatic rings. The van der Waals surface area contributed by atoms with Crippen molar-refractivity contribution >= 4 is 0 Å². The van der Waals surface area contributed by atoms with Crippen molar-refractivity contribution < 1.29 is 4.39 Å². The number of hydrogen-bond donors (Lipinski definition) is 0. The number of hydrogen-bond acceptors (Lipinski definition) is 1. The van der Waals surface area contributed by atoms with Crippen molar-refractivity contribution in [1.29, 1.82) is 5.26 Å². The molecular formula is C8H6FN2. The standard InChI is InChI=1S/C8H6FN2/c9-8(11-6-10)7-4-2-1-3-5-7/h1-5,8H. The molecular weight excluding hydrogens is 143 g/mol. The van der Waals surface area contributed by atoms with E-state index in [9.17, 15) is 4.39 Å². The maximum atomic E-state index is 12.7. The molecule has 11 heavy (non-hydrogen) atoms. The molecule has 0 aromatic heterocycles. The van der Waals surface area contributed by atoms with Crippen LogP contribution in [0.3, 0.4) is 0 Å². The molecule has 0 aliphatic carbocycles. The van der Waals surface area contributed by atoms with Crippen molar-refractivity contribution in [3.05, 3.63) is 35.9 Å². The highest BCUT2D eigenvalue weighted by Gasteiger charge is 2.07. The molecule has 3 heteroatoms. The van der Waals surface area contributed by atoms with Crippen LogP contribution in [-0.2, 0) is 0 Å². The molecule has 1 aromatic carbocycles. The van der Waals surface area contributed by atoms with Crippen molar-refractivity contribution in [1.82, 2.24) is 5.32 Å². The van der Waals surface area contributed by atoms with E-state index in [0.29, 0.717) is 5.56 Å². The number of alkyl halides is 1. The zero-order chi connectivity index (χ0) is 8.10. The summed E-state index contributed by atoms with van der Waals surface area (Å²) in [5, 5.41) is 11.1. The molecule has 2 nitrogen and oxygen atoms in total. The Morgan fingerprint density at radius 3 is 2.55 bits per heavy atom. The maximum absolute atomic E-state index is 12.7. The van der Waals surface area contributed by atoms with Crippen LogP contribution in [0.25, 0.3) is 0 Å². The Morgan fingerprint density at radius 2 is 2.00 bits per heavy atom. The van der Waals surface area contributed by atoms with Gasteiger partial charge in [0.25, 0.3) is 0 Å². The number of benzene rings is 1. The van der Waals surface area contributed by atoms with Gasteiger partial charge < -0.3 is 0 Å². The van der Waals surface area contributed by atoms with Gasteiger partial charge in [-0.3, -0.25) is 0 Å². The highest BCUT2D eigenvalue weighted by molar-refractivity contribution is 5.17.